The first-order valence-corrected chi connectivity index (χ1v) is 7.63. The lowest BCUT2D eigenvalue weighted by atomic mass is 10.0. The number of nitro groups is 1. The summed E-state index contributed by atoms with van der Waals surface area (Å²) in [5.74, 6) is -2.02. The second kappa shape index (κ2) is 7.80. The Balaban J connectivity index is 2.55. The number of carboxylic acid groups (broad SMARTS) is 1. The van der Waals surface area contributed by atoms with Gasteiger partial charge in [0.1, 0.15) is 17.1 Å². The van der Waals surface area contributed by atoms with E-state index in [0.29, 0.717) is 6.07 Å². The number of carboxylic acids is 1. The first-order chi connectivity index (χ1) is 12.6. The molecule has 0 atom stereocenters. The van der Waals surface area contributed by atoms with Crippen LogP contribution in [0.2, 0.25) is 5.02 Å². The Labute approximate surface area is 154 Å². The lowest BCUT2D eigenvalue weighted by molar-refractivity contribution is -0.385. The number of nitrogens with zero attached hydrogens (tertiary/aromatic N) is 1. The third-order valence-electron chi connectivity index (χ3n) is 3.50. The van der Waals surface area contributed by atoms with E-state index in [1.807, 2.05) is 0 Å². The van der Waals surface area contributed by atoms with Crippen molar-refractivity contribution in [2.75, 3.05) is 6.61 Å². The molecule has 2 N–H and O–H groups in total. The highest BCUT2D eigenvalue weighted by molar-refractivity contribution is 6.32. The zero-order chi connectivity index (χ0) is 20.4. The minimum atomic E-state index is -4.62. The highest BCUT2D eigenvalue weighted by Gasteiger charge is 2.31. The molecule has 0 unspecified atom stereocenters. The van der Waals surface area contributed by atoms with Gasteiger partial charge in [0, 0.05) is 24.7 Å². The van der Waals surface area contributed by atoms with Crippen molar-refractivity contribution in [2.45, 2.75) is 12.6 Å². The standard InChI is InChI=1S/C16H11ClF3NO6/c17-10-7-8(16(18,19)20)1-3-13(10)27-12-4-2-11(21(25)26)14(15(23)24)9(12)5-6-22/h1-4,7,22H,5-6H2,(H,23,24). The Bertz CT molecular complexity index is 900. The van der Waals surface area contributed by atoms with Gasteiger partial charge in [-0.2, -0.15) is 13.2 Å². The number of alkyl halides is 3. The van der Waals surface area contributed by atoms with Crippen molar-refractivity contribution in [3.63, 3.8) is 0 Å². The topological polar surface area (TPSA) is 110 Å². The number of aliphatic hydroxyl groups excluding tert-OH is 1. The van der Waals surface area contributed by atoms with E-state index >= 15 is 0 Å². The number of benzene rings is 2. The molecule has 27 heavy (non-hydrogen) atoms. The van der Waals surface area contributed by atoms with E-state index in [2.05, 4.69) is 0 Å². The molecule has 0 saturated carbocycles. The summed E-state index contributed by atoms with van der Waals surface area (Å²) >= 11 is 5.80. The van der Waals surface area contributed by atoms with Gasteiger partial charge in [-0.1, -0.05) is 11.6 Å². The molecule has 0 aliphatic rings. The van der Waals surface area contributed by atoms with Gasteiger partial charge in [0.2, 0.25) is 0 Å². The van der Waals surface area contributed by atoms with Crippen molar-refractivity contribution in [3.8, 4) is 11.5 Å². The second-order valence-electron chi connectivity index (χ2n) is 5.22. The average Bonchev–Trinajstić information content (AvgIpc) is 2.56. The van der Waals surface area contributed by atoms with Crippen molar-refractivity contribution in [3.05, 3.63) is 62.2 Å². The van der Waals surface area contributed by atoms with Gasteiger partial charge in [0.15, 0.2) is 0 Å². The Morgan fingerprint density at radius 2 is 1.85 bits per heavy atom. The summed E-state index contributed by atoms with van der Waals surface area (Å²) < 4.78 is 43.5. The van der Waals surface area contributed by atoms with Crippen LogP contribution in [0.25, 0.3) is 0 Å². The maximum absolute atomic E-state index is 12.7. The number of rotatable bonds is 6. The number of nitro benzene ring substituents is 1. The molecule has 0 heterocycles. The molecule has 2 aromatic carbocycles. The molecule has 0 fully saturated rings. The van der Waals surface area contributed by atoms with Crippen LogP contribution >= 0.6 is 11.6 Å². The van der Waals surface area contributed by atoms with Crippen LogP contribution in [0.3, 0.4) is 0 Å². The summed E-state index contributed by atoms with van der Waals surface area (Å²) in [6, 6.07) is 4.26. The number of aliphatic hydroxyl groups is 1. The van der Waals surface area contributed by atoms with Crippen LogP contribution < -0.4 is 4.74 Å². The molecule has 7 nitrogen and oxygen atoms in total. The van der Waals surface area contributed by atoms with E-state index in [1.54, 1.807) is 0 Å². The van der Waals surface area contributed by atoms with Gasteiger partial charge in [0.05, 0.1) is 15.5 Å². The second-order valence-corrected chi connectivity index (χ2v) is 5.62. The van der Waals surface area contributed by atoms with Crippen LogP contribution in [0, 0.1) is 10.1 Å². The molecule has 0 bridgehead atoms. The van der Waals surface area contributed by atoms with Gasteiger partial charge in [-0.15, -0.1) is 0 Å². The van der Waals surface area contributed by atoms with Crippen LogP contribution in [0.5, 0.6) is 11.5 Å². The van der Waals surface area contributed by atoms with Crippen LogP contribution in [0.1, 0.15) is 21.5 Å². The zero-order valence-corrected chi connectivity index (χ0v) is 14.0. The third-order valence-corrected chi connectivity index (χ3v) is 3.79. The van der Waals surface area contributed by atoms with Crippen molar-refractivity contribution in [2.24, 2.45) is 0 Å². The SMILES string of the molecule is O=C(O)c1c([N+](=O)[O-])ccc(Oc2ccc(C(F)(F)F)cc2Cl)c1CCO. The summed E-state index contributed by atoms with van der Waals surface area (Å²) in [5, 5.41) is 29.1. The predicted octanol–water partition coefficient (Wildman–Crippen LogP) is 4.29. The predicted molar refractivity (Wildman–Crippen MR) is 87.4 cm³/mol. The molecule has 0 amide bonds. The minimum Gasteiger partial charge on any atom is -0.477 e. The number of ether oxygens (including phenoxy) is 1. The maximum Gasteiger partial charge on any atom is 0.416 e. The van der Waals surface area contributed by atoms with E-state index in [1.165, 1.54) is 0 Å². The summed E-state index contributed by atoms with van der Waals surface area (Å²) in [6.45, 7) is -0.543. The molecular formula is C16H11ClF3NO6. The molecule has 144 valence electrons. The van der Waals surface area contributed by atoms with E-state index in [9.17, 15) is 33.2 Å². The van der Waals surface area contributed by atoms with Crippen molar-refractivity contribution >= 4 is 23.3 Å². The molecule has 0 saturated heterocycles. The first-order valence-electron chi connectivity index (χ1n) is 7.25. The van der Waals surface area contributed by atoms with Gasteiger partial charge in [-0.3, -0.25) is 10.1 Å². The van der Waals surface area contributed by atoms with Crippen LogP contribution in [-0.4, -0.2) is 27.7 Å². The minimum absolute atomic E-state index is 0.185. The number of halogens is 4. The summed E-state index contributed by atoms with van der Waals surface area (Å²) in [5.41, 5.74) is -2.59. The monoisotopic (exact) mass is 405 g/mol. The van der Waals surface area contributed by atoms with Gasteiger partial charge in [-0.05, 0) is 24.3 Å². The molecule has 2 rings (SSSR count). The normalized spacial score (nSPS) is 11.3. The highest BCUT2D eigenvalue weighted by Crippen LogP contribution is 2.39. The Morgan fingerprint density at radius 1 is 1.22 bits per heavy atom. The smallest absolute Gasteiger partial charge is 0.416 e. The average molecular weight is 406 g/mol. The van der Waals surface area contributed by atoms with Crippen LogP contribution in [0.4, 0.5) is 18.9 Å². The van der Waals surface area contributed by atoms with E-state index in [-0.39, 0.29) is 23.5 Å². The molecule has 0 aromatic heterocycles. The summed E-state index contributed by atoms with van der Waals surface area (Å²) in [6.07, 6.45) is -4.91. The quantitative estimate of drug-likeness (QED) is 0.548. The maximum atomic E-state index is 12.7. The fourth-order valence-corrected chi connectivity index (χ4v) is 2.56. The van der Waals surface area contributed by atoms with Gasteiger partial charge >= 0.3 is 12.1 Å². The zero-order valence-electron chi connectivity index (χ0n) is 13.3. The fourth-order valence-electron chi connectivity index (χ4n) is 2.34. The number of hydrogen-bond donors (Lipinski definition) is 2. The van der Waals surface area contributed by atoms with Gasteiger partial charge in [0.25, 0.3) is 5.69 Å². The number of hydrogen-bond acceptors (Lipinski definition) is 5. The largest absolute Gasteiger partial charge is 0.477 e. The molecule has 0 aliphatic heterocycles. The van der Waals surface area contributed by atoms with E-state index in [0.717, 1.165) is 24.3 Å². The number of aromatic carboxylic acids is 1. The van der Waals surface area contributed by atoms with E-state index < -0.39 is 45.5 Å². The molecular weight excluding hydrogens is 395 g/mol. The lowest BCUT2D eigenvalue weighted by Crippen LogP contribution is -2.10. The highest BCUT2D eigenvalue weighted by atomic mass is 35.5. The molecule has 0 aliphatic carbocycles. The third kappa shape index (κ3) is 4.47. The number of carbonyl (C=O) groups is 1. The fraction of sp³-hybridized carbons (Fsp3) is 0.188. The van der Waals surface area contributed by atoms with Gasteiger partial charge < -0.3 is 14.9 Å². The summed E-state index contributed by atoms with van der Waals surface area (Å²) in [4.78, 5) is 21.6. The molecule has 0 spiro atoms. The van der Waals surface area contributed by atoms with Crippen molar-refractivity contribution in [1.29, 1.82) is 0 Å². The molecule has 2 aromatic rings. The van der Waals surface area contributed by atoms with Crippen molar-refractivity contribution in [1.82, 2.24) is 0 Å². The molecule has 0 radical (unpaired) electrons. The van der Waals surface area contributed by atoms with E-state index in [4.69, 9.17) is 21.4 Å². The Kier molecular flexibility index (Phi) is 5.91. The molecule has 11 heteroatoms. The van der Waals surface area contributed by atoms with Crippen LogP contribution in [0.15, 0.2) is 30.3 Å². The Hall–Kier alpha value is -2.85. The summed E-state index contributed by atoms with van der Waals surface area (Å²) in [7, 11) is 0. The van der Waals surface area contributed by atoms with Crippen LogP contribution in [-0.2, 0) is 12.6 Å². The van der Waals surface area contributed by atoms with Gasteiger partial charge in [-0.25, -0.2) is 4.79 Å². The van der Waals surface area contributed by atoms with Crippen molar-refractivity contribution < 1.29 is 37.8 Å². The lowest BCUT2D eigenvalue weighted by Gasteiger charge is -2.15. The first kappa shape index (κ1) is 20.5. The Morgan fingerprint density at radius 3 is 2.33 bits per heavy atom.